The lowest BCUT2D eigenvalue weighted by molar-refractivity contribution is -0.114. The minimum Gasteiger partial charge on any atom is -0.494 e. The predicted molar refractivity (Wildman–Crippen MR) is 84.4 cm³/mol. The van der Waals surface area contributed by atoms with E-state index >= 15 is 0 Å². The monoisotopic (exact) mass is 295 g/mol. The molecular weight excluding hydrogens is 278 g/mol. The maximum absolute atomic E-state index is 12.0. The Morgan fingerprint density at radius 1 is 1.00 bits per heavy atom. The molecule has 0 N–H and O–H groups in total. The standard InChI is InChI=1S/C18H17NO3/c1-13-7-9-14(10-8-13)22-12-4-11-19-16-6-3-2-5-15(16)17(20)18(19)21/h2-3,5-10H,4,11-12H2,1H3. The van der Waals surface area contributed by atoms with Crippen LogP contribution in [0.5, 0.6) is 5.75 Å². The zero-order chi connectivity index (χ0) is 15.5. The van der Waals surface area contributed by atoms with Gasteiger partial charge in [-0.05, 0) is 37.6 Å². The summed E-state index contributed by atoms with van der Waals surface area (Å²) >= 11 is 0. The Morgan fingerprint density at radius 2 is 1.73 bits per heavy atom. The molecule has 0 unspecified atom stereocenters. The molecule has 22 heavy (non-hydrogen) atoms. The van der Waals surface area contributed by atoms with Crippen molar-refractivity contribution >= 4 is 17.4 Å². The van der Waals surface area contributed by atoms with Gasteiger partial charge in [0, 0.05) is 6.54 Å². The maximum Gasteiger partial charge on any atom is 0.299 e. The van der Waals surface area contributed by atoms with Crippen LogP contribution in [0.25, 0.3) is 0 Å². The molecule has 1 aliphatic heterocycles. The van der Waals surface area contributed by atoms with Crippen molar-refractivity contribution < 1.29 is 14.3 Å². The van der Waals surface area contributed by atoms with Crippen molar-refractivity contribution in [3.8, 4) is 5.75 Å². The van der Waals surface area contributed by atoms with Crippen LogP contribution in [0.4, 0.5) is 5.69 Å². The minimum absolute atomic E-state index is 0.421. The number of ketones is 1. The van der Waals surface area contributed by atoms with E-state index in [2.05, 4.69) is 0 Å². The second-order valence-electron chi connectivity index (χ2n) is 5.32. The number of hydrogen-bond donors (Lipinski definition) is 0. The number of nitrogens with zero attached hydrogens (tertiary/aromatic N) is 1. The van der Waals surface area contributed by atoms with Crippen molar-refractivity contribution in [1.29, 1.82) is 0 Å². The maximum atomic E-state index is 12.0. The second kappa shape index (κ2) is 6.02. The largest absolute Gasteiger partial charge is 0.494 e. The van der Waals surface area contributed by atoms with Crippen molar-refractivity contribution in [3.05, 3.63) is 59.7 Å². The van der Waals surface area contributed by atoms with Crippen LogP contribution in [0, 0.1) is 6.92 Å². The number of carbonyl (C=O) groups is 2. The molecule has 4 heteroatoms. The summed E-state index contributed by atoms with van der Waals surface area (Å²) in [5.74, 6) is -0.0542. The number of hydrogen-bond acceptors (Lipinski definition) is 3. The number of ether oxygens (including phenoxy) is 1. The molecular formula is C18H17NO3. The first kappa shape index (κ1) is 14.3. The molecule has 1 amide bonds. The van der Waals surface area contributed by atoms with Crippen LogP contribution in [-0.2, 0) is 4.79 Å². The molecule has 0 saturated heterocycles. The van der Waals surface area contributed by atoms with Gasteiger partial charge < -0.3 is 9.64 Å². The summed E-state index contributed by atoms with van der Waals surface area (Å²) in [7, 11) is 0. The molecule has 2 aromatic rings. The van der Waals surface area contributed by atoms with Gasteiger partial charge in [0.2, 0.25) is 0 Å². The van der Waals surface area contributed by atoms with E-state index in [0.717, 1.165) is 5.75 Å². The van der Waals surface area contributed by atoms with Gasteiger partial charge in [-0.15, -0.1) is 0 Å². The van der Waals surface area contributed by atoms with E-state index < -0.39 is 11.7 Å². The molecule has 1 heterocycles. The summed E-state index contributed by atoms with van der Waals surface area (Å²) in [6.45, 7) is 3.01. The Morgan fingerprint density at radius 3 is 2.50 bits per heavy atom. The smallest absolute Gasteiger partial charge is 0.299 e. The van der Waals surface area contributed by atoms with E-state index in [1.54, 1.807) is 18.2 Å². The SMILES string of the molecule is Cc1ccc(OCCCN2C(=O)C(=O)c3ccccc32)cc1. The zero-order valence-electron chi connectivity index (χ0n) is 12.4. The van der Waals surface area contributed by atoms with Gasteiger partial charge in [-0.1, -0.05) is 29.8 Å². The average molecular weight is 295 g/mol. The van der Waals surface area contributed by atoms with Crippen molar-refractivity contribution in [3.63, 3.8) is 0 Å². The van der Waals surface area contributed by atoms with E-state index in [-0.39, 0.29) is 0 Å². The first-order chi connectivity index (χ1) is 10.7. The van der Waals surface area contributed by atoms with Gasteiger partial charge in [0.25, 0.3) is 11.7 Å². The fourth-order valence-electron chi connectivity index (χ4n) is 2.52. The average Bonchev–Trinajstić information content (AvgIpc) is 2.78. The third kappa shape index (κ3) is 2.72. The molecule has 0 aromatic heterocycles. The number of anilines is 1. The van der Waals surface area contributed by atoms with Gasteiger partial charge in [-0.25, -0.2) is 0 Å². The number of amides is 1. The highest BCUT2D eigenvalue weighted by Crippen LogP contribution is 2.28. The van der Waals surface area contributed by atoms with E-state index in [1.165, 1.54) is 10.5 Å². The van der Waals surface area contributed by atoms with Gasteiger partial charge in [-0.3, -0.25) is 9.59 Å². The van der Waals surface area contributed by atoms with Crippen molar-refractivity contribution in [1.82, 2.24) is 0 Å². The first-order valence-corrected chi connectivity index (χ1v) is 7.31. The normalized spacial score (nSPS) is 13.4. The van der Waals surface area contributed by atoms with Crippen molar-refractivity contribution in [2.75, 3.05) is 18.1 Å². The van der Waals surface area contributed by atoms with Crippen LogP contribution >= 0.6 is 0 Å². The van der Waals surface area contributed by atoms with Crippen molar-refractivity contribution in [2.45, 2.75) is 13.3 Å². The highest BCUT2D eigenvalue weighted by atomic mass is 16.5. The molecule has 112 valence electrons. The highest BCUT2D eigenvalue weighted by molar-refractivity contribution is 6.52. The molecule has 0 radical (unpaired) electrons. The molecule has 1 aliphatic rings. The summed E-state index contributed by atoms with van der Waals surface area (Å²) in [5, 5.41) is 0. The number of rotatable bonds is 5. The lowest BCUT2D eigenvalue weighted by Crippen LogP contribution is -2.31. The number of para-hydroxylation sites is 1. The molecule has 0 aliphatic carbocycles. The summed E-state index contributed by atoms with van der Waals surface area (Å²) in [6, 6.07) is 14.9. The molecule has 4 nitrogen and oxygen atoms in total. The summed E-state index contributed by atoms with van der Waals surface area (Å²) in [6.07, 6.45) is 0.668. The van der Waals surface area contributed by atoms with Gasteiger partial charge in [-0.2, -0.15) is 0 Å². The van der Waals surface area contributed by atoms with E-state index in [0.29, 0.717) is 30.8 Å². The lowest BCUT2D eigenvalue weighted by Gasteiger charge is -2.16. The van der Waals surface area contributed by atoms with Crippen LogP contribution in [0.2, 0.25) is 0 Å². The van der Waals surface area contributed by atoms with Gasteiger partial charge in [0.15, 0.2) is 0 Å². The minimum atomic E-state index is -0.448. The Labute approximate surface area is 129 Å². The molecule has 3 rings (SSSR count). The molecule has 0 saturated carbocycles. The van der Waals surface area contributed by atoms with E-state index in [9.17, 15) is 9.59 Å². The summed E-state index contributed by atoms with van der Waals surface area (Å²) < 4.78 is 5.65. The quantitative estimate of drug-likeness (QED) is 0.629. The van der Waals surface area contributed by atoms with Crippen LogP contribution in [0.3, 0.4) is 0 Å². The van der Waals surface area contributed by atoms with Crippen LogP contribution in [0.15, 0.2) is 48.5 Å². The third-order valence-electron chi connectivity index (χ3n) is 3.69. The van der Waals surface area contributed by atoms with E-state index in [4.69, 9.17) is 4.74 Å². The highest BCUT2D eigenvalue weighted by Gasteiger charge is 2.34. The van der Waals surface area contributed by atoms with Crippen LogP contribution in [-0.4, -0.2) is 24.8 Å². The number of fused-ring (bicyclic) bond motifs is 1. The fraction of sp³-hybridized carbons (Fsp3) is 0.222. The van der Waals surface area contributed by atoms with Crippen LogP contribution < -0.4 is 9.64 Å². The predicted octanol–water partition coefficient (Wildman–Crippen LogP) is 2.99. The lowest BCUT2D eigenvalue weighted by atomic mass is 10.1. The summed E-state index contributed by atoms with van der Waals surface area (Å²) in [4.78, 5) is 25.4. The Bertz CT molecular complexity index is 707. The Balaban J connectivity index is 1.57. The fourth-order valence-corrected chi connectivity index (χ4v) is 2.52. The Kier molecular flexibility index (Phi) is 3.92. The molecule has 2 aromatic carbocycles. The first-order valence-electron chi connectivity index (χ1n) is 7.31. The van der Waals surface area contributed by atoms with Gasteiger partial charge in [0.05, 0.1) is 17.9 Å². The molecule has 0 fully saturated rings. The van der Waals surface area contributed by atoms with Crippen LogP contribution in [0.1, 0.15) is 22.3 Å². The molecule has 0 bridgehead atoms. The number of carbonyl (C=O) groups excluding carboxylic acids is 2. The van der Waals surface area contributed by atoms with Crippen molar-refractivity contribution in [2.24, 2.45) is 0 Å². The topological polar surface area (TPSA) is 46.6 Å². The second-order valence-corrected chi connectivity index (χ2v) is 5.32. The summed E-state index contributed by atoms with van der Waals surface area (Å²) in [5.41, 5.74) is 2.38. The number of Topliss-reactive ketones (excluding diaryl/α,β-unsaturated/α-hetero) is 1. The van der Waals surface area contributed by atoms with Gasteiger partial charge >= 0.3 is 0 Å². The van der Waals surface area contributed by atoms with E-state index in [1.807, 2.05) is 37.3 Å². The Hall–Kier alpha value is -2.62. The molecule has 0 spiro atoms. The molecule has 0 atom stereocenters. The zero-order valence-corrected chi connectivity index (χ0v) is 12.4. The number of aryl methyl sites for hydroxylation is 1. The van der Waals surface area contributed by atoms with Gasteiger partial charge in [0.1, 0.15) is 5.75 Å². The third-order valence-corrected chi connectivity index (χ3v) is 3.69. The number of benzene rings is 2.